The lowest BCUT2D eigenvalue weighted by molar-refractivity contribution is -0.122. The van der Waals surface area contributed by atoms with Gasteiger partial charge in [0, 0.05) is 11.8 Å². The zero-order valence-corrected chi connectivity index (χ0v) is 12.7. The van der Waals surface area contributed by atoms with Gasteiger partial charge in [-0.2, -0.15) is 0 Å². The fourth-order valence-corrected chi connectivity index (χ4v) is 2.48. The topological polar surface area (TPSA) is 38.3 Å². The molecule has 5 heteroatoms. The lowest BCUT2D eigenvalue weighted by atomic mass is 10.0. The molecule has 3 nitrogen and oxygen atoms in total. The van der Waals surface area contributed by atoms with Crippen LogP contribution in [0.15, 0.2) is 24.3 Å². The number of benzene rings is 1. The van der Waals surface area contributed by atoms with Crippen LogP contribution in [0.2, 0.25) is 0 Å². The van der Waals surface area contributed by atoms with Crippen LogP contribution < -0.4 is 10.1 Å². The van der Waals surface area contributed by atoms with Crippen molar-refractivity contribution in [1.29, 1.82) is 0 Å². The molecule has 0 aliphatic rings. The number of carbonyl (C=O) groups is 1. The highest BCUT2D eigenvalue weighted by Crippen LogP contribution is 2.16. The Balaban J connectivity index is 2.68. The highest BCUT2D eigenvalue weighted by molar-refractivity contribution is 6.22. The Morgan fingerprint density at radius 2 is 2.05 bits per heavy atom. The van der Waals surface area contributed by atoms with Crippen molar-refractivity contribution in [2.24, 2.45) is 0 Å². The highest BCUT2D eigenvalue weighted by Gasteiger charge is 2.28. The van der Waals surface area contributed by atoms with Crippen molar-refractivity contribution in [3.63, 3.8) is 0 Å². The Hall–Kier alpha value is -0.930. The molecule has 0 saturated heterocycles. The van der Waals surface area contributed by atoms with Gasteiger partial charge in [0.2, 0.25) is 5.91 Å². The summed E-state index contributed by atoms with van der Waals surface area (Å²) in [5.74, 6) is 1.26. The van der Waals surface area contributed by atoms with Gasteiger partial charge in [0.05, 0.1) is 19.1 Å². The van der Waals surface area contributed by atoms with Gasteiger partial charge in [-0.25, -0.2) is 0 Å². The van der Waals surface area contributed by atoms with Gasteiger partial charge in [0.25, 0.3) is 0 Å². The molecule has 0 saturated carbocycles. The van der Waals surface area contributed by atoms with Crippen LogP contribution in [0.1, 0.15) is 18.9 Å². The van der Waals surface area contributed by atoms with Crippen LogP contribution >= 0.6 is 23.2 Å². The summed E-state index contributed by atoms with van der Waals surface area (Å²) in [6, 6.07) is 7.43. The lowest BCUT2D eigenvalue weighted by Gasteiger charge is -2.29. The predicted octanol–water partition coefficient (Wildman–Crippen LogP) is 2.98. The molecule has 0 unspecified atom stereocenters. The van der Waals surface area contributed by atoms with Crippen molar-refractivity contribution in [3.8, 4) is 5.75 Å². The summed E-state index contributed by atoms with van der Waals surface area (Å²) in [5.41, 5.74) is 0.366. The number of alkyl halides is 2. The Kier molecular flexibility index (Phi) is 6.46. The minimum atomic E-state index is -0.529. The molecule has 0 aliphatic heterocycles. The van der Waals surface area contributed by atoms with E-state index in [-0.39, 0.29) is 12.3 Å². The molecule has 0 spiro atoms. The second-order valence-corrected chi connectivity index (χ2v) is 5.01. The van der Waals surface area contributed by atoms with Crippen LogP contribution in [0, 0.1) is 0 Å². The Morgan fingerprint density at radius 3 is 2.58 bits per heavy atom. The number of hydrogen-bond acceptors (Lipinski definition) is 2. The fraction of sp³-hybridized carbons (Fsp3) is 0.500. The second kappa shape index (κ2) is 7.61. The van der Waals surface area contributed by atoms with Gasteiger partial charge in [0.15, 0.2) is 0 Å². The molecule has 106 valence electrons. The number of ether oxygens (including phenoxy) is 1. The van der Waals surface area contributed by atoms with Gasteiger partial charge in [-0.05, 0) is 24.1 Å². The first-order valence-corrected chi connectivity index (χ1v) is 7.22. The van der Waals surface area contributed by atoms with E-state index in [4.69, 9.17) is 27.9 Å². The monoisotopic (exact) mass is 303 g/mol. The van der Waals surface area contributed by atoms with Crippen LogP contribution in [0.5, 0.6) is 5.75 Å². The van der Waals surface area contributed by atoms with Crippen LogP contribution in [-0.2, 0) is 11.2 Å². The lowest BCUT2D eigenvalue weighted by Crippen LogP contribution is -2.51. The minimum Gasteiger partial charge on any atom is -0.497 e. The third kappa shape index (κ3) is 4.59. The fourth-order valence-electron chi connectivity index (χ4n) is 1.69. The van der Waals surface area contributed by atoms with Gasteiger partial charge < -0.3 is 10.1 Å². The van der Waals surface area contributed by atoms with Crippen LogP contribution in [-0.4, -0.2) is 30.3 Å². The smallest absolute Gasteiger partial charge is 0.224 e. The Labute approximate surface area is 124 Å². The standard InChI is InChI=1S/C14H19Cl2NO2/c1-3-14(9-15,10-16)17-13(18)8-11-5-4-6-12(7-11)19-2/h4-7H,3,8-10H2,1-2H3,(H,17,18). The third-order valence-corrected chi connectivity index (χ3v) is 4.11. The normalized spacial score (nSPS) is 11.2. The van der Waals surface area contributed by atoms with Gasteiger partial charge in [-0.15, -0.1) is 23.2 Å². The summed E-state index contributed by atoms with van der Waals surface area (Å²) in [6.45, 7) is 1.95. The summed E-state index contributed by atoms with van der Waals surface area (Å²) < 4.78 is 5.13. The van der Waals surface area contributed by atoms with E-state index in [9.17, 15) is 4.79 Å². The molecular weight excluding hydrogens is 285 g/mol. The van der Waals surface area contributed by atoms with E-state index >= 15 is 0 Å². The molecule has 0 fully saturated rings. The first-order chi connectivity index (χ1) is 9.09. The van der Waals surface area contributed by atoms with Crippen molar-refractivity contribution in [2.75, 3.05) is 18.9 Å². The minimum absolute atomic E-state index is 0.0867. The summed E-state index contributed by atoms with van der Waals surface area (Å²) in [7, 11) is 1.60. The highest BCUT2D eigenvalue weighted by atomic mass is 35.5. The molecule has 0 aromatic heterocycles. The maximum atomic E-state index is 12.0. The first kappa shape index (κ1) is 16.1. The van der Waals surface area contributed by atoms with Gasteiger partial charge in [-0.1, -0.05) is 19.1 Å². The maximum Gasteiger partial charge on any atom is 0.224 e. The average Bonchev–Trinajstić information content (AvgIpc) is 2.45. The van der Waals surface area contributed by atoms with Crippen LogP contribution in [0.4, 0.5) is 0 Å². The maximum absolute atomic E-state index is 12.0. The van der Waals surface area contributed by atoms with Crippen LogP contribution in [0.3, 0.4) is 0 Å². The van der Waals surface area contributed by atoms with E-state index in [1.165, 1.54) is 0 Å². The average molecular weight is 304 g/mol. The Bertz CT molecular complexity index is 411. The van der Waals surface area contributed by atoms with E-state index in [0.29, 0.717) is 18.2 Å². The molecule has 0 heterocycles. The van der Waals surface area contributed by atoms with Crippen molar-refractivity contribution < 1.29 is 9.53 Å². The van der Waals surface area contributed by atoms with E-state index in [0.717, 1.165) is 11.3 Å². The summed E-state index contributed by atoms with van der Waals surface area (Å²) >= 11 is 11.8. The van der Waals surface area contributed by atoms with Crippen molar-refractivity contribution in [3.05, 3.63) is 29.8 Å². The predicted molar refractivity (Wildman–Crippen MR) is 79.3 cm³/mol. The largest absolute Gasteiger partial charge is 0.497 e. The molecule has 1 aromatic rings. The van der Waals surface area contributed by atoms with Gasteiger partial charge in [-0.3, -0.25) is 4.79 Å². The third-order valence-electron chi connectivity index (χ3n) is 3.09. The number of rotatable bonds is 7. The van der Waals surface area contributed by atoms with Crippen molar-refractivity contribution >= 4 is 29.1 Å². The summed E-state index contributed by atoms with van der Waals surface area (Å²) in [4.78, 5) is 12.0. The quantitative estimate of drug-likeness (QED) is 0.787. The second-order valence-electron chi connectivity index (χ2n) is 4.48. The molecule has 1 N–H and O–H groups in total. The van der Waals surface area contributed by atoms with Gasteiger partial charge >= 0.3 is 0 Å². The zero-order chi connectivity index (χ0) is 14.3. The number of halogens is 2. The van der Waals surface area contributed by atoms with E-state index in [2.05, 4.69) is 5.32 Å². The number of hydrogen-bond donors (Lipinski definition) is 1. The number of methoxy groups -OCH3 is 1. The molecule has 0 aliphatic carbocycles. The number of amides is 1. The number of nitrogens with one attached hydrogen (secondary N) is 1. The first-order valence-electron chi connectivity index (χ1n) is 6.15. The molecule has 19 heavy (non-hydrogen) atoms. The summed E-state index contributed by atoms with van der Waals surface area (Å²) in [5, 5.41) is 2.92. The molecule has 1 rings (SSSR count). The summed E-state index contributed by atoms with van der Waals surface area (Å²) in [6.07, 6.45) is 0.983. The zero-order valence-electron chi connectivity index (χ0n) is 11.2. The molecule has 1 amide bonds. The molecule has 0 atom stereocenters. The van der Waals surface area contributed by atoms with E-state index in [1.807, 2.05) is 31.2 Å². The van der Waals surface area contributed by atoms with Gasteiger partial charge in [0.1, 0.15) is 5.75 Å². The van der Waals surface area contributed by atoms with Crippen molar-refractivity contribution in [1.82, 2.24) is 5.32 Å². The Morgan fingerprint density at radius 1 is 1.37 bits per heavy atom. The van der Waals surface area contributed by atoms with Crippen LogP contribution in [0.25, 0.3) is 0 Å². The molecular formula is C14H19Cl2NO2. The molecule has 0 bridgehead atoms. The van der Waals surface area contributed by atoms with E-state index < -0.39 is 5.54 Å². The number of carbonyl (C=O) groups excluding carboxylic acids is 1. The van der Waals surface area contributed by atoms with E-state index in [1.54, 1.807) is 7.11 Å². The molecule has 0 radical (unpaired) electrons. The SMILES string of the molecule is CCC(CCl)(CCl)NC(=O)Cc1cccc(OC)c1. The molecule has 1 aromatic carbocycles. The van der Waals surface area contributed by atoms with Crippen molar-refractivity contribution in [2.45, 2.75) is 25.3 Å².